The van der Waals surface area contributed by atoms with E-state index in [1.54, 1.807) is 0 Å². The summed E-state index contributed by atoms with van der Waals surface area (Å²) in [4.78, 5) is 0. The Morgan fingerprint density at radius 2 is 2.00 bits per heavy atom. The summed E-state index contributed by atoms with van der Waals surface area (Å²) >= 11 is 0. The Morgan fingerprint density at radius 3 is 2.33 bits per heavy atom. The molecule has 0 N–H and O–H groups in total. The van der Waals surface area contributed by atoms with Crippen LogP contribution in [0.4, 0.5) is 0 Å². The van der Waals surface area contributed by atoms with Crippen LogP contribution in [0.2, 0.25) is 0 Å². The van der Waals surface area contributed by atoms with Gasteiger partial charge in [0.1, 0.15) is 0 Å². The fraction of sp³-hybridized carbons (Fsp3) is 1.00. The average molecular weight is 128 g/mol. The molecule has 0 radical (unpaired) electrons. The summed E-state index contributed by atoms with van der Waals surface area (Å²) in [7, 11) is 0. The average Bonchev–Trinajstić information content (AvgIpc) is 2.42. The molecule has 0 aromatic carbocycles. The molecule has 0 aromatic heterocycles. The molecule has 1 heterocycles. The monoisotopic (exact) mass is 128 g/mol. The first-order chi connectivity index (χ1) is 4.20. The van der Waals surface area contributed by atoms with Gasteiger partial charge in [0.05, 0.1) is 12.2 Å². The van der Waals surface area contributed by atoms with E-state index in [1.165, 1.54) is 12.8 Å². The summed E-state index contributed by atoms with van der Waals surface area (Å²) in [5, 5.41) is 0. The Kier molecular flexibility index (Phi) is 2.12. The van der Waals surface area contributed by atoms with Crippen molar-refractivity contribution in [2.75, 3.05) is 0 Å². The van der Waals surface area contributed by atoms with Gasteiger partial charge in [-0.3, -0.25) is 0 Å². The van der Waals surface area contributed by atoms with Crippen LogP contribution in [-0.4, -0.2) is 12.2 Å². The van der Waals surface area contributed by atoms with Crippen LogP contribution in [-0.2, 0) is 4.74 Å². The number of ether oxygens (including phenoxy) is 1. The van der Waals surface area contributed by atoms with Gasteiger partial charge in [-0.15, -0.1) is 0 Å². The third kappa shape index (κ3) is 2.35. The van der Waals surface area contributed by atoms with Gasteiger partial charge in [-0.1, -0.05) is 13.8 Å². The lowest BCUT2D eigenvalue weighted by Crippen LogP contribution is -1.93. The molecule has 2 atom stereocenters. The van der Waals surface area contributed by atoms with E-state index in [4.69, 9.17) is 4.74 Å². The van der Waals surface area contributed by atoms with Gasteiger partial charge in [0.2, 0.25) is 0 Å². The van der Waals surface area contributed by atoms with Crippen molar-refractivity contribution in [3.8, 4) is 0 Å². The molecule has 0 amide bonds. The van der Waals surface area contributed by atoms with Gasteiger partial charge in [0.25, 0.3) is 0 Å². The van der Waals surface area contributed by atoms with E-state index in [2.05, 4.69) is 20.8 Å². The molecular weight excluding hydrogens is 112 g/mol. The summed E-state index contributed by atoms with van der Waals surface area (Å²) in [6, 6.07) is 0. The fourth-order valence-corrected chi connectivity index (χ4v) is 1.03. The molecule has 1 saturated heterocycles. The summed E-state index contributed by atoms with van der Waals surface area (Å²) < 4.78 is 5.27. The lowest BCUT2D eigenvalue weighted by atomic mass is 10.1. The van der Waals surface area contributed by atoms with Gasteiger partial charge < -0.3 is 4.74 Å². The Hall–Kier alpha value is -0.0400. The molecule has 1 rings (SSSR count). The van der Waals surface area contributed by atoms with Crippen LogP contribution in [0.3, 0.4) is 0 Å². The third-order valence-corrected chi connectivity index (χ3v) is 1.86. The maximum absolute atomic E-state index is 5.27. The van der Waals surface area contributed by atoms with Gasteiger partial charge in [0, 0.05) is 0 Å². The standard InChI is InChI=1S/C8H16O/c1-6(2)4-5-8-7(3)9-8/h6-8H,4-5H2,1-3H3. The van der Waals surface area contributed by atoms with E-state index < -0.39 is 0 Å². The van der Waals surface area contributed by atoms with Crippen LogP contribution in [0, 0.1) is 5.92 Å². The van der Waals surface area contributed by atoms with Crippen molar-refractivity contribution in [3.05, 3.63) is 0 Å². The Labute approximate surface area is 57.4 Å². The first-order valence-corrected chi connectivity index (χ1v) is 3.85. The summed E-state index contributed by atoms with van der Waals surface area (Å²) in [6.45, 7) is 6.66. The van der Waals surface area contributed by atoms with E-state index in [0.29, 0.717) is 12.2 Å². The van der Waals surface area contributed by atoms with Gasteiger partial charge in [-0.25, -0.2) is 0 Å². The summed E-state index contributed by atoms with van der Waals surface area (Å²) in [5.74, 6) is 0.835. The summed E-state index contributed by atoms with van der Waals surface area (Å²) in [5.41, 5.74) is 0. The van der Waals surface area contributed by atoms with Crippen LogP contribution in [0.15, 0.2) is 0 Å². The molecule has 0 saturated carbocycles. The van der Waals surface area contributed by atoms with Gasteiger partial charge in [-0.05, 0) is 25.7 Å². The van der Waals surface area contributed by atoms with Gasteiger partial charge in [0.15, 0.2) is 0 Å². The van der Waals surface area contributed by atoms with E-state index in [0.717, 1.165) is 5.92 Å². The Morgan fingerprint density at radius 1 is 1.44 bits per heavy atom. The lowest BCUT2D eigenvalue weighted by Gasteiger charge is -1.99. The molecule has 0 aromatic rings. The second-order valence-corrected chi connectivity index (χ2v) is 3.35. The zero-order chi connectivity index (χ0) is 6.85. The second-order valence-electron chi connectivity index (χ2n) is 3.35. The highest BCUT2D eigenvalue weighted by atomic mass is 16.6. The number of hydrogen-bond acceptors (Lipinski definition) is 1. The molecule has 2 unspecified atom stereocenters. The van der Waals surface area contributed by atoms with Gasteiger partial charge >= 0.3 is 0 Å². The van der Waals surface area contributed by atoms with Gasteiger partial charge in [-0.2, -0.15) is 0 Å². The maximum atomic E-state index is 5.27. The molecule has 1 aliphatic rings. The van der Waals surface area contributed by atoms with Crippen molar-refractivity contribution in [3.63, 3.8) is 0 Å². The smallest absolute Gasteiger partial charge is 0.0839 e. The quantitative estimate of drug-likeness (QED) is 0.531. The van der Waals surface area contributed by atoms with E-state index in [1.807, 2.05) is 0 Å². The normalized spacial score (nSPS) is 33.3. The number of hydrogen-bond donors (Lipinski definition) is 0. The maximum Gasteiger partial charge on any atom is 0.0839 e. The predicted octanol–water partition coefficient (Wildman–Crippen LogP) is 2.21. The molecule has 1 aliphatic heterocycles. The molecule has 0 aliphatic carbocycles. The minimum absolute atomic E-state index is 0.559. The highest BCUT2D eigenvalue weighted by Gasteiger charge is 2.33. The molecule has 0 bridgehead atoms. The molecule has 0 spiro atoms. The molecule has 54 valence electrons. The Bertz CT molecular complexity index is 88.6. The second kappa shape index (κ2) is 2.70. The zero-order valence-electron chi connectivity index (χ0n) is 6.55. The van der Waals surface area contributed by atoms with E-state index in [-0.39, 0.29) is 0 Å². The first-order valence-electron chi connectivity index (χ1n) is 3.85. The van der Waals surface area contributed by atoms with Crippen LogP contribution in [0.1, 0.15) is 33.6 Å². The number of epoxide rings is 1. The minimum Gasteiger partial charge on any atom is -0.370 e. The predicted molar refractivity (Wildman–Crippen MR) is 38.4 cm³/mol. The van der Waals surface area contributed by atoms with E-state index >= 15 is 0 Å². The van der Waals surface area contributed by atoms with Crippen molar-refractivity contribution < 1.29 is 4.74 Å². The lowest BCUT2D eigenvalue weighted by molar-refractivity contribution is 0.358. The van der Waals surface area contributed by atoms with Crippen molar-refractivity contribution >= 4 is 0 Å². The van der Waals surface area contributed by atoms with Crippen LogP contribution >= 0.6 is 0 Å². The topological polar surface area (TPSA) is 12.5 Å². The first kappa shape index (κ1) is 7.07. The zero-order valence-corrected chi connectivity index (χ0v) is 6.55. The van der Waals surface area contributed by atoms with Crippen LogP contribution in [0.5, 0.6) is 0 Å². The Balaban J connectivity index is 1.94. The van der Waals surface area contributed by atoms with Crippen LogP contribution in [0.25, 0.3) is 0 Å². The summed E-state index contributed by atoms with van der Waals surface area (Å²) in [6.07, 6.45) is 3.74. The molecule has 9 heavy (non-hydrogen) atoms. The highest BCUT2D eigenvalue weighted by molar-refractivity contribution is 4.79. The number of rotatable bonds is 3. The molecular formula is C8H16O. The van der Waals surface area contributed by atoms with Crippen molar-refractivity contribution in [2.45, 2.75) is 45.8 Å². The van der Waals surface area contributed by atoms with Crippen molar-refractivity contribution in [1.29, 1.82) is 0 Å². The van der Waals surface area contributed by atoms with E-state index in [9.17, 15) is 0 Å². The molecule has 1 nitrogen and oxygen atoms in total. The van der Waals surface area contributed by atoms with Crippen LogP contribution < -0.4 is 0 Å². The fourth-order valence-electron chi connectivity index (χ4n) is 1.03. The molecule has 1 fully saturated rings. The minimum atomic E-state index is 0.559. The van der Waals surface area contributed by atoms with Crippen molar-refractivity contribution in [1.82, 2.24) is 0 Å². The molecule has 1 heteroatoms. The largest absolute Gasteiger partial charge is 0.370 e. The SMILES string of the molecule is CC(C)CCC1OC1C. The highest BCUT2D eigenvalue weighted by Crippen LogP contribution is 2.26. The van der Waals surface area contributed by atoms with Crippen molar-refractivity contribution in [2.24, 2.45) is 5.92 Å². The third-order valence-electron chi connectivity index (χ3n) is 1.86.